The number of anilines is 1. The van der Waals surface area contributed by atoms with E-state index < -0.39 is 0 Å². The second-order valence-corrected chi connectivity index (χ2v) is 4.73. The zero-order chi connectivity index (χ0) is 13.4. The Morgan fingerprint density at radius 2 is 1.89 bits per heavy atom. The molecule has 0 radical (unpaired) electrons. The largest absolute Gasteiger partial charge is 0.397 e. The van der Waals surface area contributed by atoms with Crippen LogP contribution < -0.4 is 5.73 Å². The fourth-order valence-corrected chi connectivity index (χ4v) is 2.24. The molecule has 0 amide bonds. The first kappa shape index (κ1) is 11.7. The average molecular weight is 252 g/mol. The van der Waals surface area contributed by atoms with Crippen LogP contribution in [-0.4, -0.2) is 14.5 Å². The molecule has 0 atom stereocenters. The zero-order valence-electron chi connectivity index (χ0n) is 11.1. The zero-order valence-corrected chi connectivity index (χ0v) is 11.1. The Bertz CT molecular complexity index is 743. The number of rotatable bonds is 2. The van der Waals surface area contributed by atoms with Gasteiger partial charge >= 0.3 is 0 Å². The molecule has 0 fully saturated rings. The molecule has 0 aliphatic rings. The van der Waals surface area contributed by atoms with Gasteiger partial charge in [-0.15, -0.1) is 0 Å². The van der Waals surface area contributed by atoms with Gasteiger partial charge in [0, 0.05) is 19.2 Å². The topological polar surface area (TPSA) is 56.7 Å². The molecule has 0 aliphatic carbocycles. The summed E-state index contributed by atoms with van der Waals surface area (Å²) < 4.78 is 2.11. The van der Waals surface area contributed by atoms with Gasteiger partial charge in [0.15, 0.2) is 0 Å². The summed E-state index contributed by atoms with van der Waals surface area (Å²) in [5.74, 6) is 1.01. The van der Waals surface area contributed by atoms with Crippen molar-refractivity contribution in [2.75, 3.05) is 5.73 Å². The number of nitrogens with two attached hydrogens (primary N) is 1. The Morgan fingerprint density at radius 3 is 2.63 bits per heavy atom. The fraction of sp³-hybridized carbons (Fsp3) is 0.200. The number of imidazole rings is 1. The first-order valence-electron chi connectivity index (χ1n) is 6.27. The van der Waals surface area contributed by atoms with Crippen LogP contribution in [0.2, 0.25) is 0 Å². The van der Waals surface area contributed by atoms with Crippen LogP contribution in [0.4, 0.5) is 5.69 Å². The van der Waals surface area contributed by atoms with E-state index in [-0.39, 0.29) is 0 Å². The van der Waals surface area contributed by atoms with Gasteiger partial charge in [-0.3, -0.25) is 4.98 Å². The molecule has 0 unspecified atom stereocenters. The van der Waals surface area contributed by atoms with Crippen LogP contribution in [0.15, 0.2) is 36.4 Å². The van der Waals surface area contributed by atoms with Gasteiger partial charge < -0.3 is 10.3 Å². The van der Waals surface area contributed by atoms with Gasteiger partial charge in [0.2, 0.25) is 0 Å². The summed E-state index contributed by atoms with van der Waals surface area (Å²) in [6, 6.07) is 12.0. The molecule has 2 N–H and O–H groups in total. The van der Waals surface area contributed by atoms with Crippen LogP contribution in [0.3, 0.4) is 0 Å². The predicted molar refractivity (Wildman–Crippen MR) is 76.9 cm³/mol. The summed E-state index contributed by atoms with van der Waals surface area (Å²) >= 11 is 0. The van der Waals surface area contributed by atoms with Crippen molar-refractivity contribution in [3.8, 4) is 0 Å². The van der Waals surface area contributed by atoms with Gasteiger partial charge in [-0.1, -0.05) is 12.1 Å². The molecular weight excluding hydrogens is 236 g/mol. The summed E-state index contributed by atoms with van der Waals surface area (Å²) in [6.07, 6.45) is 0.715. The Kier molecular flexibility index (Phi) is 2.71. The number of hydrogen-bond donors (Lipinski definition) is 1. The van der Waals surface area contributed by atoms with E-state index in [0.717, 1.165) is 33.9 Å². The molecule has 3 rings (SSSR count). The highest BCUT2D eigenvalue weighted by Crippen LogP contribution is 2.17. The molecule has 0 aliphatic heterocycles. The molecule has 0 bridgehead atoms. The number of para-hydroxylation sites is 2. The van der Waals surface area contributed by atoms with Crippen molar-refractivity contribution in [3.63, 3.8) is 0 Å². The number of nitrogen functional groups attached to an aromatic ring is 1. The lowest BCUT2D eigenvalue weighted by Gasteiger charge is -2.05. The van der Waals surface area contributed by atoms with Crippen LogP contribution in [0.25, 0.3) is 11.0 Å². The predicted octanol–water partition coefficient (Wildman–Crippen LogP) is 2.45. The molecule has 3 aromatic rings. The van der Waals surface area contributed by atoms with Crippen molar-refractivity contribution in [2.24, 2.45) is 7.05 Å². The number of pyridine rings is 1. The maximum absolute atomic E-state index is 5.79. The van der Waals surface area contributed by atoms with E-state index >= 15 is 0 Å². The number of benzene rings is 1. The molecule has 0 saturated carbocycles. The van der Waals surface area contributed by atoms with Gasteiger partial charge in [0.1, 0.15) is 5.82 Å². The molecule has 4 nitrogen and oxygen atoms in total. The summed E-state index contributed by atoms with van der Waals surface area (Å²) in [6.45, 7) is 1.92. The second kappa shape index (κ2) is 4.39. The van der Waals surface area contributed by atoms with E-state index in [0.29, 0.717) is 6.42 Å². The minimum atomic E-state index is 0.715. The third-order valence-electron chi connectivity index (χ3n) is 3.40. The molecule has 1 aromatic carbocycles. The lowest BCUT2D eigenvalue weighted by Crippen LogP contribution is -2.03. The van der Waals surface area contributed by atoms with Crippen LogP contribution in [-0.2, 0) is 13.5 Å². The van der Waals surface area contributed by atoms with Gasteiger partial charge in [0.25, 0.3) is 0 Å². The monoisotopic (exact) mass is 252 g/mol. The van der Waals surface area contributed by atoms with Crippen molar-refractivity contribution >= 4 is 16.7 Å². The van der Waals surface area contributed by atoms with Gasteiger partial charge in [-0.2, -0.15) is 0 Å². The maximum atomic E-state index is 5.79. The van der Waals surface area contributed by atoms with Crippen molar-refractivity contribution < 1.29 is 0 Å². The number of nitrogens with zero attached hydrogens (tertiary/aromatic N) is 3. The average Bonchev–Trinajstić information content (AvgIpc) is 2.72. The molecule has 19 heavy (non-hydrogen) atoms. The van der Waals surface area contributed by atoms with E-state index in [4.69, 9.17) is 5.73 Å². The van der Waals surface area contributed by atoms with Crippen molar-refractivity contribution in [2.45, 2.75) is 13.3 Å². The third kappa shape index (κ3) is 2.05. The number of fused-ring (bicyclic) bond motifs is 1. The molecule has 96 valence electrons. The van der Waals surface area contributed by atoms with E-state index in [2.05, 4.69) is 20.6 Å². The first-order valence-corrected chi connectivity index (χ1v) is 6.27. The van der Waals surface area contributed by atoms with Crippen LogP contribution >= 0.6 is 0 Å². The number of aromatic nitrogens is 3. The summed E-state index contributed by atoms with van der Waals surface area (Å²) in [7, 11) is 2.04. The third-order valence-corrected chi connectivity index (χ3v) is 3.40. The van der Waals surface area contributed by atoms with Crippen molar-refractivity contribution in [3.05, 3.63) is 53.6 Å². The van der Waals surface area contributed by atoms with Gasteiger partial charge in [-0.05, 0) is 31.2 Å². The molecule has 2 aromatic heterocycles. The highest BCUT2D eigenvalue weighted by Gasteiger charge is 2.09. The Balaban J connectivity index is 2.01. The lowest BCUT2D eigenvalue weighted by atomic mass is 10.2. The maximum Gasteiger partial charge on any atom is 0.115 e. The molecular formula is C15H16N4. The smallest absolute Gasteiger partial charge is 0.115 e. The van der Waals surface area contributed by atoms with E-state index in [9.17, 15) is 0 Å². The number of aryl methyl sites for hydroxylation is 2. The highest BCUT2D eigenvalue weighted by atomic mass is 15.1. The normalized spacial score (nSPS) is 11.1. The SMILES string of the molecule is Cc1nc(Cc2nc3ccccc3n2C)ccc1N. The fourth-order valence-electron chi connectivity index (χ4n) is 2.24. The molecule has 0 saturated heterocycles. The number of hydrogen-bond acceptors (Lipinski definition) is 3. The van der Waals surface area contributed by atoms with E-state index in [1.54, 1.807) is 0 Å². The standard InChI is InChI=1S/C15H16N4/c1-10-12(16)8-7-11(17-10)9-15-18-13-5-3-4-6-14(13)19(15)2/h3-8H,9,16H2,1-2H3. The van der Waals surface area contributed by atoms with Gasteiger partial charge in [-0.25, -0.2) is 4.98 Å². The first-order chi connectivity index (χ1) is 9.15. The summed E-state index contributed by atoms with van der Waals surface area (Å²) in [5.41, 5.74) is 10.5. The Labute approximate surface area is 111 Å². The van der Waals surface area contributed by atoms with Crippen molar-refractivity contribution in [1.82, 2.24) is 14.5 Å². The lowest BCUT2D eigenvalue weighted by molar-refractivity contribution is 0.830. The molecule has 4 heteroatoms. The van der Waals surface area contributed by atoms with Gasteiger partial charge in [0.05, 0.1) is 22.4 Å². The van der Waals surface area contributed by atoms with E-state index in [1.165, 1.54) is 0 Å². The Hall–Kier alpha value is -2.36. The van der Waals surface area contributed by atoms with Crippen LogP contribution in [0, 0.1) is 6.92 Å². The molecule has 0 spiro atoms. The highest BCUT2D eigenvalue weighted by molar-refractivity contribution is 5.75. The summed E-state index contributed by atoms with van der Waals surface area (Å²) in [5, 5.41) is 0. The van der Waals surface area contributed by atoms with E-state index in [1.807, 2.05) is 44.3 Å². The van der Waals surface area contributed by atoms with Crippen LogP contribution in [0.1, 0.15) is 17.2 Å². The minimum absolute atomic E-state index is 0.715. The minimum Gasteiger partial charge on any atom is -0.397 e. The quantitative estimate of drug-likeness (QED) is 0.762. The summed E-state index contributed by atoms with van der Waals surface area (Å²) in [4.78, 5) is 9.15. The second-order valence-electron chi connectivity index (χ2n) is 4.73. The van der Waals surface area contributed by atoms with Crippen molar-refractivity contribution in [1.29, 1.82) is 0 Å². The molecule has 2 heterocycles. The Morgan fingerprint density at radius 1 is 1.11 bits per heavy atom. The van der Waals surface area contributed by atoms with Crippen LogP contribution in [0.5, 0.6) is 0 Å².